The van der Waals surface area contributed by atoms with Crippen molar-refractivity contribution in [3.8, 4) is 11.4 Å². The van der Waals surface area contributed by atoms with Gasteiger partial charge in [0.1, 0.15) is 5.75 Å². The summed E-state index contributed by atoms with van der Waals surface area (Å²) in [6.45, 7) is 0.979. The maximum absolute atomic E-state index is 12.7. The van der Waals surface area contributed by atoms with Gasteiger partial charge in [0.15, 0.2) is 11.8 Å². The van der Waals surface area contributed by atoms with E-state index in [4.69, 9.17) is 4.74 Å². The molecular weight excluding hydrogens is 395 g/mol. The zero-order chi connectivity index (χ0) is 20.3. The van der Waals surface area contributed by atoms with Gasteiger partial charge in [-0.2, -0.15) is 13.2 Å². The van der Waals surface area contributed by atoms with Crippen LogP contribution in [0.25, 0.3) is 5.69 Å². The fourth-order valence-electron chi connectivity index (χ4n) is 2.82. The number of nitrogens with one attached hydrogen (secondary N) is 1. The molecule has 0 bridgehead atoms. The molecule has 0 spiro atoms. The molecule has 1 N–H and O–H groups in total. The quantitative estimate of drug-likeness (QED) is 0.582. The van der Waals surface area contributed by atoms with E-state index in [0.717, 1.165) is 0 Å². The van der Waals surface area contributed by atoms with E-state index in [-0.39, 0.29) is 29.6 Å². The molecule has 28 heavy (non-hydrogen) atoms. The average Bonchev–Trinajstić information content (AvgIpc) is 3.06. The summed E-state index contributed by atoms with van der Waals surface area (Å²) < 4.78 is 42.9. The Morgan fingerprint density at radius 2 is 2.00 bits per heavy atom. The Hall–Kier alpha value is -2.49. The van der Waals surface area contributed by atoms with Gasteiger partial charge in [0.2, 0.25) is 5.91 Å². The molecule has 150 valence electrons. The summed E-state index contributed by atoms with van der Waals surface area (Å²) in [7, 11) is 0. The number of alkyl halides is 3. The first-order chi connectivity index (χ1) is 13.3. The molecule has 0 radical (unpaired) electrons. The molecule has 6 nitrogen and oxygen atoms in total. The number of aromatic nitrogens is 2. The Balaban J connectivity index is 1.90. The number of nitrogens with zero attached hydrogens (tertiary/aromatic N) is 2. The first-order valence-corrected chi connectivity index (χ1v) is 9.59. The maximum Gasteiger partial charge on any atom is 0.422 e. The van der Waals surface area contributed by atoms with Crippen molar-refractivity contribution in [1.29, 1.82) is 0 Å². The maximum atomic E-state index is 12.7. The third kappa shape index (κ3) is 4.86. The second-order valence-corrected chi connectivity index (χ2v) is 7.40. The Morgan fingerprint density at radius 3 is 2.57 bits per heavy atom. The van der Waals surface area contributed by atoms with Gasteiger partial charge in [0.25, 0.3) is 5.56 Å². The summed E-state index contributed by atoms with van der Waals surface area (Å²) in [6, 6.07) is 7.17. The number of ether oxygens (including phenoxy) is 1. The van der Waals surface area contributed by atoms with E-state index < -0.39 is 12.8 Å². The predicted octanol–water partition coefficient (Wildman–Crippen LogP) is 2.89. The molecule has 1 aliphatic rings. The van der Waals surface area contributed by atoms with E-state index in [1.165, 1.54) is 46.7 Å². The Labute approximate surface area is 163 Å². The summed E-state index contributed by atoms with van der Waals surface area (Å²) >= 11 is 1.37. The predicted molar refractivity (Wildman–Crippen MR) is 98.1 cm³/mol. The van der Waals surface area contributed by atoms with Gasteiger partial charge in [-0.05, 0) is 30.0 Å². The number of hydrogen-bond donors (Lipinski definition) is 1. The number of benzene rings is 1. The van der Waals surface area contributed by atoms with Crippen molar-refractivity contribution in [2.24, 2.45) is 0 Å². The highest BCUT2D eigenvalue weighted by atomic mass is 32.2. The topological polar surface area (TPSA) is 73.2 Å². The molecule has 1 unspecified atom stereocenters. The van der Waals surface area contributed by atoms with Crippen LogP contribution in [0, 0.1) is 0 Å². The number of amides is 1. The minimum atomic E-state index is -4.42. The van der Waals surface area contributed by atoms with E-state index in [1.54, 1.807) is 0 Å². The average molecular weight is 413 g/mol. The van der Waals surface area contributed by atoms with Gasteiger partial charge in [0.05, 0.1) is 11.4 Å². The van der Waals surface area contributed by atoms with Crippen molar-refractivity contribution in [2.45, 2.75) is 30.6 Å². The van der Waals surface area contributed by atoms with Crippen LogP contribution in [-0.4, -0.2) is 40.5 Å². The standard InChI is InChI=1S/C18H18F3N3O3S/c1-2-28-17-23-14(11-7-15(25)22-9-11)8-16(26)24(17)12-3-5-13(6-4-12)27-10-18(19,20)21/h3-6,8,11H,2,7,9-10H2,1H3,(H,22,25). The molecule has 2 heterocycles. The second-order valence-electron chi connectivity index (χ2n) is 6.17. The third-order valence-electron chi connectivity index (χ3n) is 4.07. The van der Waals surface area contributed by atoms with Gasteiger partial charge >= 0.3 is 6.18 Å². The second kappa shape index (κ2) is 8.26. The van der Waals surface area contributed by atoms with Crippen LogP contribution in [0.15, 0.2) is 40.3 Å². The molecule has 1 atom stereocenters. The highest BCUT2D eigenvalue weighted by Gasteiger charge is 2.28. The van der Waals surface area contributed by atoms with Crippen LogP contribution in [0.5, 0.6) is 5.75 Å². The van der Waals surface area contributed by atoms with Crippen molar-refractivity contribution in [1.82, 2.24) is 14.9 Å². The molecule has 2 aromatic rings. The van der Waals surface area contributed by atoms with Crippen molar-refractivity contribution in [3.05, 3.63) is 46.4 Å². The van der Waals surface area contributed by atoms with Crippen molar-refractivity contribution in [3.63, 3.8) is 0 Å². The molecule has 3 rings (SSSR count). The number of halogens is 3. The van der Waals surface area contributed by atoms with Crippen molar-refractivity contribution < 1.29 is 22.7 Å². The molecule has 1 aliphatic heterocycles. The molecular formula is C18H18F3N3O3S. The number of carbonyl (C=O) groups excluding carboxylic acids is 1. The van der Waals surface area contributed by atoms with Crippen LogP contribution >= 0.6 is 11.8 Å². The van der Waals surface area contributed by atoms with E-state index in [0.29, 0.717) is 28.8 Å². The summed E-state index contributed by atoms with van der Waals surface area (Å²) in [4.78, 5) is 28.7. The van der Waals surface area contributed by atoms with Gasteiger partial charge in [-0.3, -0.25) is 14.2 Å². The van der Waals surface area contributed by atoms with E-state index >= 15 is 0 Å². The monoisotopic (exact) mass is 413 g/mol. The largest absolute Gasteiger partial charge is 0.484 e. The SMILES string of the molecule is CCSc1nc(C2CNC(=O)C2)cc(=O)n1-c1ccc(OCC(F)(F)F)cc1. The highest BCUT2D eigenvalue weighted by molar-refractivity contribution is 7.99. The number of thioether (sulfide) groups is 1. The lowest BCUT2D eigenvalue weighted by Gasteiger charge is -2.15. The van der Waals surface area contributed by atoms with Gasteiger partial charge in [-0.15, -0.1) is 0 Å². The van der Waals surface area contributed by atoms with Crippen LogP contribution in [0.1, 0.15) is 25.0 Å². The summed E-state index contributed by atoms with van der Waals surface area (Å²) in [5, 5.41) is 3.19. The van der Waals surface area contributed by atoms with Gasteiger partial charge in [-0.1, -0.05) is 18.7 Å². The number of rotatable bonds is 6. The Bertz CT molecular complexity index is 913. The van der Waals surface area contributed by atoms with Gasteiger partial charge in [-0.25, -0.2) is 4.98 Å². The third-order valence-corrected chi connectivity index (χ3v) is 4.90. The molecule has 0 aliphatic carbocycles. The number of hydrogen-bond acceptors (Lipinski definition) is 5. The zero-order valence-electron chi connectivity index (χ0n) is 15.0. The lowest BCUT2D eigenvalue weighted by atomic mass is 10.0. The number of carbonyl (C=O) groups is 1. The fourth-order valence-corrected chi connectivity index (χ4v) is 3.57. The minimum absolute atomic E-state index is 0.0546. The molecule has 1 aromatic heterocycles. The van der Waals surface area contributed by atoms with E-state index in [9.17, 15) is 22.8 Å². The van der Waals surface area contributed by atoms with Crippen LogP contribution in [-0.2, 0) is 4.79 Å². The molecule has 1 amide bonds. The van der Waals surface area contributed by atoms with Gasteiger partial charge in [0, 0.05) is 24.9 Å². The summed E-state index contributed by atoms with van der Waals surface area (Å²) in [6.07, 6.45) is -4.13. The van der Waals surface area contributed by atoms with Crippen LogP contribution in [0.2, 0.25) is 0 Å². The van der Waals surface area contributed by atoms with Crippen LogP contribution in [0.3, 0.4) is 0 Å². The molecule has 1 aromatic carbocycles. The normalized spacial score (nSPS) is 16.9. The fraction of sp³-hybridized carbons (Fsp3) is 0.389. The zero-order valence-corrected chi connectivity index (χ0v) is 15.8. The smallest absolute Gasteiger partial charge is 0.422 e. The first kappa shape index (κ1) is 20.2. The van der Waals surface area contributed by atoms with Crippen LogP contribution < -0.4 is 15.6 Å². The molecule has 1 fully saturated rings. The minimum Gasteiger partial charge on any atom is -0.484 e. The van der Waals surface area contributed by atoms with Crippen molar-refractivity contribution in [2.75, 3.05) is 18.9 Å². The molecule has 1 saturated heterocycles. The Kier molecular flexibility index (Phi) is 5.97. The summed E-state index contributed by atoms with van der Waals surface area (Å²) in [5.74, 6) is 0.503. The lowest BCUT2D eigenvalue weighted by molar-refractivity contribution is -0.153. The highest BCUT2D eigenvalue weighted by Crippen LogP contribution is 2.25. The van der Waals surface area contributed by atoms with Crippen LogP contribution in [0.4, 0.5) is 13.2 Å². The summed E-state index contributed by atoms with van der Waals surface area (Å²) in [5.41, 5.74) is 0.713. The van der Waals surface area contributed by atoms with E-state index in [2.05, 4.69) is 10.3 Å². The molecule has 0 saturated carbocycles. The lowest BCUT2D eigenvalue weighted by Crippen LogP contribution is -2.23. The first-order valence-electron chi connectivity index (χ1n) is 8.60. The van der Waals surface area contributed by atoms with Crippen molar-refractivity contribution >= 4 is 17.7 Å². The molecule has 10 heteroatoms. The van der Waals surface area contributed by atoms with E-state index in [1.807, 2.05) is 6.92 Å². The Morgan fingerprint density at radius 1 is 1.29 bits per heavy atom. The van der Waals surface area contributed by atoms with Gasteiger partial charge < -0.3 is 10.1 Å².